The molecule has 1 aliphatic rings. The summed E-state index contributed by atoms with van der Waals surface area (Å²) >= 11 is 0. The van der Waals surface area contributed by atoms with Gasteiger partial charge in [0, 0.05) is 12.1 Å². The molecule has 2 atom stereocenters. The van der Waals surface area contributed by atoms with Crippen LogP contribution in [0.3, 0.4) is 0 Å². The summed E-state index contributed by atoms with van der Waals surface area (Å²) in [5.74, 6) is 0.934. The maximum Gasteiger partial charge on any atom is 0.123 e. The van der Waals surface area contributed by atoms with Crippen LogP contribution in [0, 0.1) is 0 Å². The molecule has 0 aliphatic carbocycles. The second kappa shape index (κ2) is 6.89. The minimum absolute atomic E-state index is 0.196. The number of aryl methyl sites for hydroxylation is 1. The molecule has 1 aromatic rings. The predicted octanol–water partition coefficient (Wildman–Crippen LogP) is 1.51. The zero-order chi connectivity index (χ0) is 13.7. The van der Waals surface area contributed by atoms with Gasteiger partial charge in [-0.3, -0.25) is 0 Å². The van der Waals surface area contributed by atoms with Crippen molar-refractivity contribution in [3.63, 3.8) is 0 Å². The van der Waals surface area contributed by atoms with Crippen molar-refractivity contribution in [1.29, 1.82) is 0 Å². The lowest BCUT2D eigenvalue weighted by Gasteiger charge is -2.32. The van der Waals surface area contributed by atoms with Gasteiger partial charge >= 0.3 is 0 Å². The second-order valence-electron chi connectivity index (χ2n) is 4.83. The number of morpholine rings is 1. The molecular weight excluding hydrogens is 240 g/mol. The average molecular weight is 264 g/mol. The van der Waals surface area contributed by atoms with Gasteiger partial charge in [0.25, 0.3) is 0 Å². The first-order chi connectivity index (χ1) is 9.30. The lowest BCUT2D eigenvalue weighted by molar-refractivity contribution is 0.0642. The van der Waals surface area contributed by atoms with Gasteiger partial charge in [-0.05, 0) is 25.1 Å². The summed E-state index contributed by atoms with van der Waals surface area (Å²) in [7, 11) is 3.71. The van der Waals surface area contributed by atoms with Gasteiger partial charge in [0.1, 0.15) is 5.75 Å². The van der Waals surface area contributed by atoms with Crippen molar-refractivity contribution in [3.8, 4) is 5.75 Å². The van der Waals surface area contributed by atoms with Crippen LogP contribution in [-0.4, -0.2) is 40.0 Å². The van der Waals surface area contributed by atoms with Gasteiger partial charge < -0.3 is 20.1 Å². The lowest BCUT2D eigenvalue weighted by atomic mass is 9.95. The van der Waals surface area contributed by atoms with Gasteiger partial charge in [0.15, 0.2) is 0 Å². The summed E-state index contributed by atoms with van der Waals surface area (Å²) < 4.78 is 11.1. The molecule has 1 aromatic carbocycles. The minimum Gasteiger partial charge on any atom is -0.496 e. The van der Waals surface area contributed by atoms with Gasteiger partial charge in [0.2, 0.25) is 0 Å². The number of hydrogen-bond acceptors (Lipinski definition) is 4. The maximum atomic E-state index is 5.57. The van der Waals surface area contributed by atoms with Gasteiger partial charge in [-0.25, -0.2) is 0 Å². The fraction of sp³-hybridized carbons (Fsp3) is 0.600. The van der Waals surface area contributed by atoms with Crippen molar-refractivity contribution < 1.29 is 9.47 Å². The maximum absolute atomic E-state index is 5.57. The van der Waals surface area contributed by atoms with E-state index in [-0.39, 0.29) is 12.1 Å². The van der Waals surface area contributed by atoms with Crippen molar-refractivity contribution in [2.24, 2.45) is 0 Å². The molecule has 1 aliphatic heterocycles. The first-order valence-electron chi connectivity index (χ1n) is 6.95. The Balaban J connectivity index is 2.29. The van der Waals surface area contributed by atoms with Crippen LogP contribution < -0.4 is 15.4 Å². The van der Waals surface area contributed by atoms with Crippen molar-refractivity contribution in [3.05, 3.63) is 29.3 Å². The standard InChI is InChI=1S/C15H24N2O2/c1-4-11-5-6-14(18-3)12(9-11)15(16-2)13-10-19-8-7-17-13/h5-6,9,13,15-17H,4,7-8,10H2,1-3H3. The lowest BCUT2D eigenvalue weighted by Crippen LogP contribution is -2.48. The van der Waals surface area contributed by atoms with Crippen LogP contribution in [0.1, 0.15) is 24.1 Å². The van der Waals surface area contributed by atoms with E-state index in [0.717, 1.165) is 31.9 Å². The van der Waals surface area contributed by atoms with E-state index in [0.29, 0.717) is 0 Å². The van der Waals surface area contributed by atoms with Crippen LogP contribution in [0.4, 0.5) is 0 Å². The van der Waals surface area contributed by atoms with Crippen molar-refractivity contribution >= 4 is 0 Å². The number of methoxy groups -OCH3 is 1. The highest BCUT2D eigenvalue weighted by Crippen LogP contribution is 2.29. The highest BCUT2D eigenvalue weighted by atomic mass is 16.5. The fourth-order valence-electron chi connectivity index (χ4n) is 2.62. The Morgan fingerprint density at radius 2 is 2.37 bits per heavy atom. The van der Waals surface area contributed by atoms with E-state index in [1.165, 1.54) is 11.1 Å². The molecule has 0 spiro atoms. The molecule has 1 heterocycles. The third kappa shape index (κ3) is 3.26. The molecule has 0 radical (unpaired) electrons. The second-order valence-corrected chi connectivity index (χ2v) is 4.83. The monoisotopic (exact) mass is 264 g/mol. The molecule has 2 rings (SSSR count). The van der Waals surface area contributed by atoms with Crippen LogP contribution in [0.5, 0.6) is 5.75 Å². The van der Waals surface area contributed by atoms with E-state index in [4.69, 9.17) is 9.47 Å². The third-order valence-electron chi connectivity index (χ3n) is 3.70. The molecule has 19 heavy (non-hydrogen) atoms. The number of rotatable bonds is 5. The summed E-state index contributed by atoms with van der Waals surface area (Å²) in [5, 5.41) is 6.91. The number of benzene rings is 1. The molecule has 1 saturated heterocycles. The Bertz CT molecular complexity index is 403. The molecule has 0 saturated carbocycles. The highest BCUT2D eigenvalue weighted by Gasteiger charge is 2.26. The fourth-order valence-corrected chi connectivity index (χ4v) is 2.62. The summed E-state index contributed by atoms with van der Waals surface area (Å²) in [4.78, 5) is 0. The minimum atomic E-state index is 0.196. The molecule has 1 fully saturated rings. The van der Waals surface area contributed by atoms with E-state index in [1.54, 1.807) is 7.11 Å². The first-order valence-corrected chi connectivity index (χ1v) is 6.95. The van der Waals surface area contributed by atoms with Crippen LogP contribution >= 0.6 is 0 Å². The largest absolute Gasteiger partial charge is 0.496 e. The molecule has 2 unspecified atom stereocenters. The molecular formula is C15H24N2O2. The summed E-state index contributed by atoms with van der Waals surface area (Å²) in [6.45, 7) is 4.59. The third-order valence-corrected chi connectivity index (χ3v) is 3.70. The molecule has 2 N–H and O–H groups in total. The molecule has 0 amide bonds. The van der Waals surface area contributed by atoms with Gasteiger partial charge in [-0.1, -0.05) is 19.1 Å². The van der Waals surface area contributed by atoms with E-state index in [1.807, 2.05) is 7.05 Å². The van der Waals surface area contributed by atoms with E-state index >= 15 is 0 Å². The van der Waals surface area contributed by atoms with E-state index in [2.05, 4.69) is 35.8 Å². The first kappa shape index (κ1) is 14.3. The van der Waals surface area contributed by atoms with E-state index in [9.17, 15) is 0 Å². The summed E-state index contributed by atoms with van der Waals surface area (Å²) in [5.41, 5.74) is 2.53. The zero-order valence-corrected chi connectivity index (χ0v) is 12.0. The van der Waals surface area contributed by atoms with Gasteiger partial charge in [-0.15, -0.1) is 0 Å². The van der Waals surface area contributed by atoms with Crippen LogP contribution in [0.25, 0.3) is 0 Å². The molecule has 4 heteroatoms. The Labute approximate surface area is 115 Å². The normalized spacial score (nSPS) is 21.1. The van der Waals surface area contributed by atoms with Crippen molar-refractivity contribution in [2.45, 2.75) is 25.4 Å². The predicted molar refractivity (Wildman–Crippen MR) is 76.8 cm³/mol. The Morgan fingerprint density at radius 1 is 1.53 bits per heavy atom. The SMILES string of the molecule is CCc1ccc(OC)c(C(NC)C2COCCN2)c1. The highest BCUT2D eigenvalue weighted by molar-refractivity contribution is 5.40. The van der Waals surface area contributed by atoms with Crippen LogP contribution in [0.2, 0.25) is 0 Å². The number of likely N-dealkylation sites (N-methyl/N-ethyl adjacent to an activating group) is 1. The Kier molecular flexibility index (Phi) is 5.19. The Morgan fingerprint density at radius 3 is 2.95 bits per heavy atom. The van der Waals surface area contributed by atoms with Crippen molar-refractivity contribution in [2.75, 3.05) is 33.9 Å². The Hall–Kier alpha value is -1.10. The molecule has 0 aromatic heterocycles. The average Bonchev–Trinajstić information content (AvgIpc) is 2.49. The topological polar surface area (TPSA) is 42.5 Å². The number of nitrogens with one attached hydrogen (secondary N) is 2. The van der Waals surface area contributed by atoms with Gasteiger partial charge in [0.05, 0.1) is 32.4 Å². The summed E-state index contributed by atoms with van der Waals surface area (Å²) in [6, 6.07) is 6.89. The molecule has 106 valence electrons. The zero-order valence-electron chi connectivity index (χ0n) is 12.0. The number of ether oxygens (including phenoxy) is 2. The van der Waals surface area contributed by atoms with Crippen LogP contribution in [-0.2, 0) is 11.2 Å². The number of hydrogen-bond donors (Lipinski definition) is 2. The van der Waals surface area contributed by atoms with E-state index < -0.39 is 0 Å². The van der Waals surface area contributed by atoms with Crippen LogP contribution in [0.15, 0.2) is 18.2 Å². The molecule has 0 bridgehead atoms. The quantitative estimate of drug-likeness (QED) is 0.846. The van der Waals surface area contributed by atoms with Gasteiger partial charge in [-0.2, -0.15) is 0 Å². The smallest absolute Gasteiger partial charge is 0.123 e. The molecule has 4 nitrogen and oxygen atoms in total. The van der Waals surface area contributed by atoms with Crippen molar-refractivity contribution in [1.82, 2.24) is 10.6 Å². The summed E-state index contributed by atoms with van der Waals surface area (Å²) in [6.07, 6.45) is 1.03.